The number of nitrogens with one attached hydrogen (secondary N) is 1. The summed E-state index contributed by atoms with van der Waals surface area (Å²) in [5.41, 5.74) is 9.64. The number of hydrogen-bond acceptors (Lipinski definition) is 6. The van der Waals surface area contributed by atoms with Crippen LogP contribution in [0.5, 0.6) is 0 Å². The van der Waals surface area contributed by atoms with Gasteiger partial charge in [-0.1, -0.05) is 55.8 Å². The highest BCUT2D eigenvalue weighted by molar-refractivity contribution is 7.15. The van der Waals surface area contributed by atoms with E-state index in [-0.39, 0.29) is 24.7 Å². The molecule has 2 aromatic heterocycles. The van der Waals surface area contributed by atoms with Crippen molar-refractivity contribution in [3.63, 3.8) is 0 Å². The van der Waals surface area contributed by atoms with Crippen molar-refractivity contribution in [2.75, 3.05) is 13.1 Å². The first-order chi connectivity index (χ1) is 17.9. The lowest BCUT2D eigenvalue weighted by Gasteiger charge is -2.13. The second kappa shape index (κ2) is 14.2. The van der Waals surface area contributed by atoms with Gasteiger partial charge in [-0.2, -0.15) is 0 Å². The lowest BCUT2D eigenvalue weighted by Crippen LogP contribution is -2.26. The highest BCUT2D eigenvalue weighted by Gasteiger charge is 2.32. The van der Waals surface area contributed by atoms with Crippen LogP contribution in [-0.2, 0) is 4.79 Å². The molecule has 1 amide bonds. The Bertz CT molecular complexity index is 1250. The summed E-state index contributed by atoms with van der Waals surface area (Å²) in [6.07, 6.45) is 8.32. The number of thiophene rings is 1. The van der Waals surface area contributed by atoms with Gasteiger partial charge in [0, 0.05) is 27.6 Å². The van der Waals surface area contributed by atoms with Gasteiger partial charge in [-0.25, -0.2) is 0 Å². The number of fused-ring (bicyclic) bond motifs is 3. The quantitative estimate of drug-likeness (QED) is 0.243. The van der Waals surface area contributed by atoms with E-state index in [0.717, 1.165) is 53.5 Å². The third-order valence-electron chi connectivity index (χ3n) is 6.94. The van der Waals surface area contributed by atoms with E-state index in [4.69, 9.17) is 22.3 Å². The van der Waals surface area contributed by atoms with Crippen molar-refractivity contribution in [2.45, 2.75) is 78.2 Å². The minimum atomic E-state index is -0.436. The van der Waals surface area contributed by atoms with Gasteiger partial charge in [0.1, 0.15) is 16.9 Å². The molecule has 0 radical (unpaired) electrons. The summed E-state index contributed by atoms with van der Waals surface area (Å²) in [6.45, 7) is 7.66. The molecule has 4 rings (SSSR count). The lowest BCUT2D eigenvalue weighted by atomic mass is 9.99. The third-order valence-corrected chi connectivity index (χ3v) is 8.38. The molecule has 0 saturated carbocycles. The van der Waals surface area contributed by atoms with E-state index in [2.05, 4.69) is 33.9 Å². The van der Waals surface area contributed by atoms with Gasteiger partial charge < -0.3 is 11.1 Å². The van der Waals surface area contributed by atoms with Gasteiger partial charge in [-0.15, -0.1) is 33.9 Å². The maximum absolute atomic E-state index is 13.0. The number of carbonyl (C=O) groups excluding carboxylic acids is 1. The second-order valence-electron chi connectivity index (χ2n) is 9.72. The fourth-order valence-electron chi connectivity index (χ4n) is 4.76. The van der Waals surface area contributed by atoms with E-state index >= 15 is 0 Å². The molecule has 0 fully saturated rings. The Kier molecular flexibility index (Phi) is 11.3. The second-order valence-corrected chi connectivity index (χ2v) is 11.4. The Balaban J connectivity index is 0.00000400. The van der Waals surface area contributed by atoms with E-state index in [1.165, 1.54) is 36.1 Å². The number of aliphatic imine (C=N–C) groups is 1. The molecule has 1 atom stereocenters. The summed E-state index contributed by atoms with van der Waals surface area (Å²) in [7, 11) is 0. The minimum Gasteiger partial charge on any atom is -0.356 e. The molecule has 0 spiro atoms. The maximum atomic E-state index is 13.0. The van der Waals surface area contributed by atoms with Crippen molar-refractivity contribution in [3.8, 4) is 5.00 Å². The average molecular weight is 578 g/mol. The standard InChI is InChI=1S/C28H37ClN6OS.ClH/c1-18-19(2)37-28-25(18)26(21-11-13-22(29)14-12-21)32-23(27-34-33-20(3)35(27)28)17-24(36)31-16-10-8-6-4-5-7-9-15-30;/h11-14,23H,4-10,15-17,30H2,1-3H3,(H,31,36);1H/t23-;/m0./s1. The van der Waals surface area contributed by atoms with E-state index in [1.54, 1.807) is 11.3 Å². The molecule has 7 nitrogen and oxygen atoms in total. The zero-order chi connectivity index (χ0) is 26.4. The third kappa shape index (κ3) is 7.03. The smallest absolute Gasteiger partial charge is 0.222 e. The van der Waals surface area contributed by atoms with Crippen LogP contribution in [0.1, 0.15) is 90.6 Å². The number of aryl methyl sites for hydroxylation is 2. The number of nitrogens with two attached hydrogens (primary N) is 1. The molecule has 10 heteroatoms. The number of unbranched alkanes of at least 4 members (excludes halogenated alkanes) is 6. The molecular weight excluding hydrogens is 539 g/mol. The molecule has 3 aromatic rings. The monoisotopic (exact) mass is 576 g/mol. The van der Waals surface area contributed by atoms with Crippen molar-refractivity contribution in [1.82, 2.24) is 20.1 Å². The summed E-state index contributed by atoms with van der Waals surface area (Å²) in [4.78, 5) is 19.4. The lowest BCUT2D eigenvalue weighted by molar-refractivity contribution is -0.121. The van der Waals surface area contributed by atoms with Crippen LogP contribution >= 0.6 is 35.3 Å². The Hall–Kier alpha value is -2.26. The number of hydrogen-bond donors (Lipinski definition) is 2. The van der Waals surface area contributed by atoms with E-state index < -0.39 is 6.04 Å². The number of nitrogens with zero attached hydrogens (tertiary/aromatic N) is 4. The highest BCUT2D eigenvalue weighted by Crippen LogP contribution is 2.39. The van der Waals surface area contributed by atoms with Gasteiger partial charge in [-0.05, 0) is 57.9 Å². The molecule has 3 N–H and O–H groups in total. The van der Waals surface area contributed by atoms with Gasteiger partial charge in [-0.3, -0.25) is 14.4 Å². The number of benzene rings is 1. The number of carbonyl (C=O) groups is 1. The van der Waals surface area contributed by atoms with Crippen molar-refractivity contribution >= 4 is 47.0 Å². The van der Waals surface area contributed by atoms with Crippen LogP contribution < -0.4 is 11.1 Å². The van der Waals surface area contributed by atoms with Gasteiger partial charge in [0.25, 0.3) is 0 Å². The molecule has 206 valence electrons. The van der Waals surface area contributed by atoms with Crippen LogP contribution in [0, 0.1) is 20.8 Å². The first-order valence-electron chi connectivity index (χ1n) is 13.2. The predicted molar refractivity (Wildman–Crippen MR) is 160 cm³/mol. The predicted octanol–water partition coefficient (Wildman–Crippen LogP) is 6.42. The largest absolute Gasteiger partial charge is 0.356 e. The van der Waals surface area contributed by atoms with E-state index in [1.807, 2.05) is 31.2 Å². The molecule has 1 aliphatic heterocycles. The fourth-order valence-corrected chi connectivity index (χ4v) is 6.10. The van der Waals surface area contributed by atoms with Crippen molar-refractivity contribution < 1.29 is 4.79 Å². The molecule has 0 bridgehead atoms. The topological polar surface area (TPSA) is 98.2 Å². The van der Waals surface area contributed by atoms with Crippen LogP contribution in [0.4, 0.5) is 0 Å². The molecule has 0 aliphatic carbocycles. The van der Waals surface area contributed by atoms with Crippen molar-refractivity contribution in [3.05, 3.63) is 62.5 Å². The molecule has 1 aliphatic rings. The van der Waals surface area contributed by atoms with Crippen LogP contribution in [-0.4, -0.2) is 39.5 Å². The van der Waals surface area contributed by atoms with Gasteiger partial charge in [0.05, 0.1) is 12.1 Å². The number of rotatable bonds is 12. The first kappa shape index (κ1) is 30.3. The van der Waals surface area contributed by atoms with Gasteiger partial charge in [0.2, 0.25) is 5.91 Å². The Morgan fingerprint density at radius 1 is 1.03 bits per heavy atom. The number of amides is 1. The molecule has 1 aromatic carbocycles. The summed E-state index contributed by atoms with van der Waals surface area (Å²) in [5, 5.41) is 13.7. The van der Waals surface area contributed by atoms with Crippen molar-refractivity contribution in [1.29, 1.82) is 0 Å². The summed E-state index contributed by atoms with van der Waals surface area (Å²) in [6, 6.07) is 7.30. The zero-order valence-corrected chi connectivity index (χ0v) is 24.8. The average Bonchev–Trinajstić information content (AvgIpc) is 3.35. The normalized spacial score (nSPS) is 14.2. The summed E-state index contributed by atoms with van der Waals surface area (Å²) in [5.74, 6) is 1.48. The van der Waals surface area contributed by atoms with Gasteiger partial charge in [0.15, 0.2) is 5.82 Å². The zero-order valence-electron chi connectivity index (χ0n) is 22.4. The molecule has 38 heavy (non-hydrogen) atoms. The molecular formula is C28H38Cl2N6OS. The Labute approximate surface area is 240 Å². The molecule has 3 heterocycles. The number of aromatic nitrogens is 3. The maximum Gasteiger partial charge on any atom is 0.222 e. The molecule has 0 saturated heterocycles. The first-order valence-corrected chi connectivity index (χ1v) is 14.4. The highest BCUT2D eigenvalue weighted by atomic mass is 35.5. The van der Waals surface area contributed by atoms with Crippen molar-refractivity contribution in [2.24, 2.45) is 10.7 Å². The van der Waals surface area contributed by atoms with Crippen LogP contribution in [0.2, 0.25) is 5.02 Å². The summed E-state index contributed by atoms with van der Waals surface area (Å²) < 4.78 is 2.08. The minimum absolute atomic E-state index is 0. The summed E-state index contributed by atoms with van der Waals surface area (Å²) >= 11 is 7.89. The number of halogens is 2. The van der Waals surface area contributed by atoms with Crippen LogP contribution in [0.15, 0.2) is 29.3 Å². The van der Waals surface area contributed by atoms with Gasteiger partial charge >= 0.3 is 0 Å². The Morgan fingerprint density at radius 2 is 1.68 bits per heavy atom. The SMILES string of the molecule is Cc1sc2c(c1C)C(c1ccc(Cl)cc1)=N[C@@H](CC(=O)NCCCCCCCCCN)c1nnc(C)n1-2.Cl. The fraction of sp³-hybridized carbons (Fsp3) is 0.500. The molecule has 0 unspecified atom stereocenters. The van der Waals surface area contributed by atoms with E-state index in [0.29, 0.717) is 17.4 Å². The van der Waals surface area contributed by atoms with Crippen LogP contribution in [0.25, 0.3) is 5.00 Å². The van der Waals surface area contributed by atoms with E-state index in [9.17, 15) is 4.79 Å². The Morgan fingerprint density at radius 3 is 2.37 bits per heavy atom. The van der Waals surface area contributed by atoms with Crippen LogP contribution in [0.3, 0.4) is 0 Å².